The number of fused-ring (bicyclic) bond motifs is 1. The molecule has 0 bridgehead atoms. The minimum Gasteiger partial charge on any atom is -0.508 e. The average Bonchev–Trinajstić information content (AvgIpc) is 2.63. The second kappa shape index (κ2) is 4.85. The van der Waals surface area contributed by atoms with Crippen molar-refractivity contribution in [2.75, 3.05) is 27.2 Å². The predicted octanol–water partition coefficient (Wildman–Crippen LogP) is 1.53. The quantitative estimate of drug-likeness (QED) is 0.808. The molecule has 2 N–H and O–H groups in total. The molecule has 1 aliphatic rings. The van der Waals surface area contributed by atoms with Crippen LogP contribution in [0.4, 0.5) is 0 Å². The first-order chi connectivity index (χ1) is 7.68. The van der Waals surface area contributed by atoms with Crippen LogP contribution in [0.5, 0.6) is 5.75 Å². The van der Waals surface area contributed by atoms with Gasteiger partial charge in [-0.25, -0.2) is 0 Å². The molecule has 0 aliphatic heterocycles. The van der Waals surface area contributed by atoms with Gasteiger partial charge in [-0.1, -0.05) is 12.1 Å². The summed E-state index contributed by atoms with van der Waals surface area (Å²) in [6, 6.07) is 6.25. The number of phenolic OH excluding ortho intramolecular Hbond substituents is 1. The van der Waals surface area contributed by atoms with Crippen LogP contribution in [-0.2, 0) is 6.42 Å². The van der Waals surface area contributed by atoms with Gasteiger partial charge in [-0.05, 0) is 44.1 Å². The molecule has 88 valence electrons. The van der Waals surface area contributed by atoms with E-state index in [4.69, 9.17) is 0 Å². The molecule has 0 aromatic heterocycles. The lowest BCUT2D eigenvalue weighted by Crippen LogP contribution is -2.28. The number of nitrogens with one attached hydrogen (secondary N) is 1. The number of likely N-dealkylation sites (N-methyl/N-ethyl adjacent to an activating group) is 1. The van der Waals surface area contributed by atoms with Crippen LogP contribution < -0.4 is 5.32 Å². The molecular formula is C13H20N2O. The summed E-state index contributed by atoms with van der Waals surface area (Å²) >= 11 is 0. The van der Waals surface area contributed by atoms with Crippen LogP contribution in [-0.4, -0.2) is 37.2 Å². The van der Waals surface area contributed by atoms with E-state index in [-0.39, 0.29) is 0 Å². The van der Waals surface area contributed by atoms with Gasteiger partial charge in [0.2, 0.25) is 0 Å². The Hall–Kier alpha value is -1.06. The van der Waals surface area contributed by atoms with Crippen molar-refractivity contribution in [1.29, 1.82) is 0 Å². The summed E-state index contributed by atoms with van der Waals surface area (Å²) < 4.78 is 0. The minimum atomic E-state index is 0.419. The van der Waals surface area contributed by atoms with E-state index < -0.39 is 0 Å². The van der Waals surface area contributed by atoms with E-state index in [0.717, 1.165) is 31.5 Å². The molecule has 0 radical (unpaired) electrons. The highest BCUT2D eigenvalue weighted by Crippen LogP contribution is 2.35. The predicted molar refractivity (Wildman–Crippen MR) is 65.7 cm³/mol. The largest absolute Gasteiger partial charge is 0.508 e. The fraction of sp³-hybridized carbons (Fsp3) is 0.538. The van der Waals surface area contributed by atoms with Crippen molar-refractivity contribution in [3.8, 4) is 5.75 Å². The molecule has 0 saturated carbocycles. The molecule has 2 rings (SSSR count). The van der Waals surface area contributed by atoms with E-state index in [1.807, 2.05) is 6.07 Å². The summed E-state index contributed by atoms with van der Waals surface area (Å²) in [6.07, 6.45) is 2.09. The van der Waals surface area contributed by atoms with Gasteiger partial charge in [0.1, 0.15) is 5.75 Å². The fourth-order valence-electron chi connectivity index (χ4n) is 2.31. The number of phenols is 1. The summed E-state index contributed by atoms with van der Waals surface area (Å²) in [4.78, 5) is 2.17. The Morgan fingerprint density at radius 1 is 1.44 bits per heavy atom. The van der Waals surface area contributed by atoms with Gasteiger partial charge >= 0.3 is 0 Å². The number of nitrogens with zero attached hydrogens (tertiary/aromatic N) is 1. The normalized spacial score (nSPS) is 19.1. The van der Waals surface area contributed by atoms with Crippen molar-refractivity contribution in [3.05, 3.63) is 29.3 Å². The number of hydrogen-bond acceptors (Lipinski definition) is 3. The van der Waals surface area contributed by atoms with Crippen LogP contribution >= 0.6 is 0 Å². The van der Waals surface area contributed by atoms with Gasteiger partial charge in [0.05, 0.1) is 0 Å². The highest BCUT2D eigenvalue weighted by Gasteiger charge is 2.23. The zero-order chi connectivity index (χ0) is 11.5. The minimum absolute atomic E-state index is 0.419. The molecule has 3 heteroatoms. The van der Waals surface area contributed by atoms with E-state index in [1.54, 1.807) is 6.07 Å². The molecule has 0 spiro atoms. The third-order valence-corrected chi connectivity index (χ3v) is 3.20. The number of rotatable bonds is 4. The van der Waals surface area contributed by atoms with E-state index in [0.29, 0.717) is 11.8 Å². The molecule has 0 amide bonds. The molecule has 0 fully saturated rings. The van der Waals surface area contributed by atoms with Gasteiger partial charge in [0, 0.05) is 19.1 Å². The standard InChI is InChI=1S/C13H20N2O/c1-15(2)9-8-14-12-7-6-11-10(12)4-3-5-13(11)16/h3-5,12,14,16H,6-9H2,1-2H3. The van der Waals surface area contributed by atoms with Gasteiger partial charge in [0.25, 0.3) is 0 Å². The first kappa shape index (κ1) is 11.4. The number of benzene rings is 1. The van der Waals surface area contributed by atoms with Crippen LogP contribution in [0.1, 0.15) is 23.6 Å². The Bertz CT molecular complexity index is 363. The zero-order valence-electron chi connectivity index (χ0n) is 10.0. The highest BCUT2D eigenvalue weighted by molar-refractivity contribution is 5.44. The van der Waals surface area contributed by atoms with Crippen molar-refractivity contribution < 1.29 is 5.11 Å². The van der Waals surface area contributed by atoms with Crippen molar-refractivity contribution in [2.45, 2.75) is 18.9 Å². The van der Waals surface area contributed by atoms with Gasteiger partial charge in [-0.2, -0.15) is 0 Å². The molecule has 1 atom stereocenters. The van der Waals surface area contributed by atoms with E-state index in [9.17, 15) is 5.11 Å². The SMILES string of the molecule is CN(C)CCNC1CCc2c(O)cccc21. The van der Waals surface area contributed by atoms with Crippen molar-refractivity contribution in [3.63, 3.8) is 0 Å². The Morgan fingerprint density at radius 2 is 2.25 bits per heavy atom. The molecule has 1 unspecified atom stereocenters. The maximum atomic E-state index is 9.73. The second-order valence-corrected chi connectivity index (χ2v) is 4.69. The summed E-state index contributed by atoms with van der Waals surface area (Å²) in [5.74, 6) is 0.453. The Kier molecular flexibility index (Phi) is 3.46. The molecule has 1 aromatic rings. The lowest BCUT2D eigenvalue weighted by molar-refractivity contribution is 0.384. The summed E-state index contributed by atoms with van der Waals surface area (Å²) in [5, 5.41) is 13.3. The average molecular weight is 220 g/mol. The monoisotopic (exact) mass is 220 g/mol. The Balaban J connectivity index is 1.98. The second-order valence-electron chi connectivity index (χ2n) is 4.69. The van der Waals surface area contributed by atoms with Crippen LogP contribution in [0.3, 0.4) is 0 Å². The van der Waals surface area contributed by atoms with E-state index in [1.165, 1.54) is 5.56 Å². The van der Waals surface area contributed by atoms with E-state index in [2.05, 4.69) is 30.4 Å². The maximum absolute atomic E-state index is 9.73. The lowest BCUT2D eigenvalue weighted by atomic mass is 10.1. The van der Waals surface area contributed by atoms with Gasteiger partial charge in [-0.15, -0.1) is 0 Å². The van der Waals surface area contributed by atoms with Gasteiger partial charge in [-0.3, -0.25) is 0 Å². The molecular weight excluding hydrogens is 200 g/mol. The third-order valence-electron chi connectivity index (χ3n) is 3.20. The number of hydrogen-bond donors (Lipinski definition) is 2. The van der Waals surface area contributed by atoms with Crippen molar-refractivity contribution in [2.24, 2.45) is 0 Å². The molecule has 1 aliphatic carbocycles. The summed E-state index contributed by atoms with van der Waals surface area (Å²) in [6.45, 7) is 2.04. The summed E-state index contributed by atoms with van der Waals surface area (Å²) in [7, 11) is 4.16. The summed E-state index contributed by atoms with van der Waals surface area (Å²) in [5.41, 5.74) is 2.41. The maximum Gasteiger partial charge on any atom is 0.119 e. The molecule has 0 heterocycles. The number of aromatic hydroxyl groups is 1. The molecule has 3 nitrogen and oxygen atoms in total. The zero-order valence-corrected chi connectivity index (χ0v) is 10.0. The van der Waals surface area contributed by atoms with Crippen molar-refractivity contribution >= 4 is 0 Å². The first-order valence-corrected chi connectivity index (χ1v) is 5.87. The van der Waals surface area contributed by atoms with Crippen LogP contribution in [0.15, 0.2) is 18.2 Å². The third kappa shape index (κ3) is 2.36. The van der Waals surface area contributed by atoms with Gasteiger partial charge in [0.15, 0.2) is 0 Å². The van der Waals surface area contributed by atoms with Crippen LogP contribution in [0.2, 0.25) is 0 Å². The van der Waals surface area contributed by atoms with Gasteiger partial charge < -0.3 is 15.3 Å². The highest BCUT2D eigenvalue weighted by atomic mass is 16.3. The van der Waals surface area contributed by atoms with Crippen LogP contribution in [0, 0.1) is 0 Å². The van der Waals surface area contributed by atoms with E-state index >= 15 is 0 Å². The smallest absolute Gasteiger partial charge is 0.119 e. The molecule has 0 saturated heterocycles. The van der Waals surface area contributed by atoms with Crippen LogP contribution in [0.25, 0.3) is 0 Å². The topological polar surface area (TPSA) is 35.5 Å². The Morgan fingerprint density at radius 3 is 3.00 bits per heavy atom. The van der Waals surface area contributed by atoms with Crippen molar-refractivity contribution in [1.82, 2.24) is 10.2 Å². The first-order valence-electron chi connectivity index (χ1n) is 5.87. The molecule has 1 aromatic carbocycles. The molecule has 16 heavy (non-hydrogen) atoms. The Labute approximate surface area is 97.1 Å². The fourth-order valence-corrected chi connectivity index (χ4v) is 2.31. The lowest BCUT2D eigenvalue weighted by Gasteiger charge is -2.16.